The Morgan fingerprint density at radius 1 is 0.547 bits per heavy atom. The van der Waals surface area contributed by atoms with Gasteiger partial charge < -0.3 is 29.5 Å². The van der Waals surface area contributed by atoms with E-state index in [9.17, 15) is 56.0 Å². The molecular formula is C56H54Cl2F6N2O9. The fraction of sp³-hybridized carbons (Fsp3) is 0.304. The largest absolute Gasteiger partial charge is 0.494 e. The van der Waals surface area contributed by atoms with Gasteiger partial charge >= 0.3 is 30.3 Å². The van der Waals surface area contributed by atoms with Crippen molar-refractivity contribution in [1.29, 1.82) is 0 Å². The summed E-state index contributed by atoms with van der Waals surface area (Å²) in [6, 6.07) is 36.8. The van der Waals surface area contributed by atoms with Crippen LogP contribution in [0.25, 0.3) is 0 Å². The third-order valence-corrected chi connectivity index (χ3v) is 13.0. The third-order valence-electron chi connectivity index (χ3n) is 12.1. The van der Waals surface area contributed by atoms with Crippen molar-refractivity contribution < 1.29 is 70.3 Å². The molecular weight excluding hydrogens is 1030 g/mol. The number of hydrogen-bond acceptors (Lipinski definition) is 9. The number of alkyl halides is 6. The lowest BCUT2D eigenvalue weighted by Crippen LogP contribution is -2.32. The van der Waals surface area contributed by atoms with Crippen LogP contribution >= 0.6 is 23.2 Å². The molecule has 0 aliphatic carbocycles. The average Bonchev–Trinajstić information content (AvgIpc) is 3.36. The third kappa shape index (κ3) is 16.7. The first-order valence-electron chi connectivity index (χ1n) is 23.7. The molecule has 0 aromatic heterocycles. The first-order valence-corrected chi connectivity index (χ1v) is 24.4. The maximum absolute atomic E-state index is 13.8. The van der Waals surface area contributed by atoms with Gasteiger partial charge in [-0.25, -0.2) is 0 Å². The Kier molecular flexibility index (Phi) is 20.5. The molecule has 4 unspecified atom stereocenters. The van der Waals surface area contributed by atoms with Crippen molar-refractivity contribution in [1.82, 2.24) is 9.80 Å². The van der Waals surface area contributed by atoms with Crippen molar-refractivity contribution in [2.24, 2.45) is 0 Å². The van der Waals surface area contributed by atoms with Gasteiger partial charge in [-0.05, 0) is 82.6 Å². The lowest BCUT2D eigenvalue weighted by atomic mass is 9.81. The van der Waals surface area contributed by atoms with Crippen LogP contribution in [0.15, 0.2) is 146 Å². The number of aliphatic hydroxyl groups excluding tert-OH is 1. The zero-order chi connectivity index (χ0) is 54.3. The first kappa shape index (κ1) is 57.6. The number of aliphatic hydroxyl groups is 1. The molecule has 11 nitrogen and oxygen atoms in total. The van der Waals surface area contributed by atoms with Crippen molar-refractivity contribution in [2.45, 2.75) is 69.3 Å². The molecule has 0 spiro atoms. The topological polar surface area (TPSA) is 146 Å². The SMILES string of the molecule is CC(=O)OC(CN(CCCOc1cccc(C(C(=O)O)C(C(=O)O)c2cccc(OCCCN(Cc3cccc(C(F)(F)F)c3Cl)CC(O)c3ccccc3)c2)c1)Cc1cccc(C(F)(F)F)c1Cl)c1ccccc1. The van der Waals surface area contributed by atoms with E-state index in [1.807, 2.05) is 0 Å². The molecule has 0 bridgehead atoms. The molecule has 6 rings (SSSR count). The van der Waals surface area contributed by atoms with E-state index in [1.165, 1.54) is 67.6 Å². The standard InChI is InChI=1S/C56H54Cl2F6N2O9/c1-36(67)75-48(38-16-6-3-7-17-38)35-66(33-42-21-11-25-46(52(42)58)56(62,63)64)27-13-29-74-44-23-9-19-40(31-44)50(54(71)72)49(53(69)70)39-18-8-22-43(30-39)73-28-12-26-65(34-47(68)37-14-4-2-5-15-37)32-41-20-10-24-45(51(41)57)55(59,60)61/h2-11,14-25,30-31,47-50,68H,12-13,26-29,32-35H2,1H3,(H,69,70)(H,71,72). The second kappa shape index (κ2) is 26.7. The Morgan fingerprint density at radius 3 is 1.36 bits per heavy atom. The summed E-state index contributed by atoms with van der Waals surface area (Å²) in [6.07, 6.45) is -10.6. The van der Waals surface area contributed by atoms with Gasteiger partial charge in [-0.15, -0.1) is 0 Å². The van der Waals surface area contributed by atoms with Crippen molar-refractivity contribution in [3.63, 3.8) is 0 Å². The number of rotatable bonds is 26. The van der Waals surface area contributed by atoms with Gasteiger partial charge in [0, 0.05) is 46.2 Å². The number of benzene rings is 6. The van der Waals surface area contributed by atoms with Gasteiger partial charge in [-0.1, -0.05) is 132 Å². The average molecular weight is 1080 g/mol. The molecule has 6 aromatic rings. The van der Waals surface area contributed by atoms with Gasteiger partial charge in [0.1, 0.15) is 17.6 Å². The molecule has 4 atom stereocenters. The maximum Gasteiger partial charge on any atom is 0.417 e. The Hall–Kier alpha value is -6.63. The van der Waals surface area contributed by atoms with Gasteiger partial charge in [-0.2, -0.15) is 26.3 Å². The molecule has 75 heavy (non-hydrogen) atoms. The van der Waals surface area contributed by atoms with Crippen molar-refractivity contribution >= 4 is 41.1 Å². The summed E-state index contributed by atoms with van der Waals surface area (Å²) < 4.78 is 100. The Labute approximate surface area is 439 Å². The summed E-state index contributed by atoms with van der Waals surface area (Å²) in [5, 5.41) is 31.3. The Morgan fingerprint density at radius 2 is 0.947 bits per heavy atom. The minimum Gasteiger partial charge on any atom is -0.494 e. The van der Waals surface area contributed by atoms with Crippen LogP contribution in [0.4, 0.5) is 26.3 Å². The smallest absolute Gasteiger partial charge is 0.417 e. The second-order valence-electron chi connectivity index (χ2n) is 17.6. The zero-order valence-electron chi connectivity index (χ0n) is 40.4. The van der Waals surface area contributed by atoms with Crippen LogP contribution in [0.1, 0.15) is 88.3 Å². The van der Waals surface area contributed by atoms with Gasteiger partial charge in [0.2, 0.25) is 0 Å². The highest BCUT2D eigenvalue weighted by atomic mass is 35.5. The fourth-order valence-electron chi connectivity index (χ4n) is 8.64. The van der Waals surface area contributed by atoms with Crippen molar-refractivity contribution in [3.8, 4) is 11.5 Å². The van der Waals surface area contributed by atoms with Crippen molar-refractivity contribution in [2.75, 3.05) is 39.4 Å². The monoisotopic (exact) mass is 1080 g/mol. The predicted octanol–water partition coefficient (Wildman–Crippen LogP) is 12.6. The van der Waals surface area contributed by atoms with E-state index in [0.29, 0.717) is 17.5 Å². The van der Waals surface area contributed by atoms with E-state index in [2.05, 4.69) is 0 Å². The molecule has 0 fully saturated rings. The fourth-order valence-corrected chi connectivity index (χ4v) is 9.22. The normalized spacial score (nSPS) is 13.5. The van der Waals surface area contributed by atoms with Crippen LogP contribution < -0.4 is 9.47 Å². The lowest BCUT2D eigenvalue weighted by Gasteiger charge is -2.28. The number of nitrogens with zero attached hydrogens (tertiary/aromatic N) is 2. The molecule has 0 saturated heterocycles. The number of carboxylic acid groups (broad SMARTS) is 2. The summed E-state index contributed by atoms with van der Waals surface area (Å²) >= 11 is 12.5. The van der Waals surface area contributed by atoms with E-state index in [-0.39, 0.29) is 92.7 Å². The number of hydrogen-bond donors (Lipinski definition) is 3. The van der Waals surface area contributed by atoms with E-state index in [0.717, 1.165) is 12.1 Å². The highest BCUT2D eigenvalue weighted by Gasteiger charge is 2.38. The summed E-state index contributed by atoms with van der Waals surface area (Å²) in [5.41, 5.74) is -0.0724. The summed E-state index contributed by atoms with van der Waals surface area (Å²) in [6.45, 7) is 1.84. The summed E-state index contributed by atoms with van der Waals surface area (Å²) in [4.78, 5) is 41.7. The number of carboxylic acids is 2. The highest BCUT2D eigenvalue weighted by Crippen LogP contribution is 2.40. The van der Waals surface area contributed by atoms with Crippen LogP contribution in [0.2, 0.25) is 10.0 Å². The molecule has 3 N–H and O–H groups in total. The molecule has 0 heterocycles. The first-order chi connectivity index (χ1) is 35.7. The lowest BCUT2D eigenvalue weighted by molar-refractivity contribution is -0.148. The molecule has 0 aliphatic heterocycles. The van der Waals surface area contributed by atoms with E-state index >= 15 is 0 Å². The number of aliphatic carboxylic acids is 2. The number of carbonyl (C=O) groups is 3. The quantitative estimate of drug-likeness (QED) is 0.0271. The van der Waals surface area contributed by atoms with Crippen LogP contribution in [0, 0.1) is 0 Å². The van der Waals surface area contributed by atoms with Gasteiger partial charge in [0.15, 0.2) is 0 Å². The Balaban J connectivity index is 1.13. The van der Waals surface area contributed by atoms with Gasteiger partial charge in [-0.3, -0.25) is 24.2 Å². The minimum atomic E-state index is -4.70. The molecule has 0 saturated carbocycles. The molecule has 6 aromatic carbocycles. The number of carbonyl (C=O) groups excluding carboxylic acids is 1. The molecule has 0 amide bonds. The van der Waals surface area contributed by atoms with E-state index < -0.39 is 75.5 Å². The molecule has 0 radical (unpaired) electrons. The maximum atomic E-state index is 13.8. The number of esters is 1. The highest BCUT2D eigenvalue weighted by molar-refractivity contribution is 6.32. The van der Waals surface area contributed by atoms with Gasteiger partial charge in [0.25, 0.3) is 0 Å². The number of ether oxygens (including phenoxy) is 3. The zero-order valence-corrected chi connectivity index (χ0v) is 42.0. The van der Waals surface area contributed by atoms with E-state index in [4.69, 9.17) is 37.4 Å². The number of halogens is 8. The van der Waals surface area contributed by atoms with Gasteiger partial charge in [0.05, 0.1) is 52.3 Å². The van der Waals surface area contributed by atoms with Crippen molar-refractivity contribution in [3.05, 3.63) is 200 Å². The molecule has 0 aliphatic rings. The summed E-state index contributed by atoms with van der Waals surface area (Å²) in [5.74, 6) is -6.21. The minimum absolute atomic E-state index is 0.0273. The molecule has 19 heteroatoms. The van der Waals surface area contributed by atoms with Crippen LogP contribution in [0.3, 0.4) is 0 Å². The Bertz CT molecular complexity index is 2840. The van der Waals surface area contributed by atoms with E-state index in [1.54, 1.807) is 82.6 Å². The second-order valence-corrected chi connectivity index (χ2v) is 18.4. The predicted molar refractivity (Wildman–Crippen MR) is 270 cm³/mol. The van der Waals surface area contributed by atoms with Crippen LogP contribution in [-0.4, -0.2) is 82.4 Å². The van der Waals surface area contributed by atoms with Crippen LogP contribution in [-0.2, 0) is 44.6 Å². The molecule has 398 valence electrons. The summed E-state index contributed by atoms with van der Waals surface area (Å²) in [7, 11) is 0. The van der Waals surface area contributed by atoms with Crippen LogP contribution in [0.5, 0.6) is 11.5 Å².